The van der Waals surface area contributed by atoms with E-state index < -0.39 is 0 Å². The van der Waals surface area contributed by atoms with Crippen LogP contribution in [0, 0.1) is 0 Å². The van der Waals surface area contributed by atoms with Crippen molar-refractivity contribution in [3.63, 3.8) is 0 Å². The highest BCUT2D eigenvalue weighted by atomic mass is 16.5. The Balaban J connectivity index is 1.74. The van der Waals surface area contributed by atoms with E-state index in [1.807, 2.05) is 6.07 Å². The van der Waals surface area contributed by atoms with Crippen molar-refractivity contribution in [3.05, 3.63) is 36.7 Å². The molecule has 0 spiro atoms. The summed E-state index contributed by atoms with van der Waals surface area (Å²) in [5.74, 6) is 0.184. The predicted molar refractivity (Wildman–Crippen MR) is 77.7 cm³/mol. The molecule has 1 amide bonds. The SMILES string of the molecule is O=C(NC1CCOC1)c1nc(-n2ccnc2)nc2cc[nH]c12. The summed E-state index contributed by atoms with van der Waals surface area (Å²) >= 11 is 0. The van der Waals surface area contributed by atoms with Crippen molar-refractivity contribution in [1.82, 2.24) is 29.8 Å². The highest BCUT2D eigenvalue weighted by Crippen LogP contribution is 2.16. The monoisotopic (exact) mass is 298 g/mol. The van der Waals surface area contributed by atoms with Crippen molar-refractivity contribution >= 4 is 16.9 Å². The van der Waals surface area contributed by atoms with Gasteiger partial charge >= 0.3 is 0 Å². The normalized spacial score (nSPS) is 17.9. The maximum Gasteiger partial charge on any atom is 0.272 e. The fourth-order valence-electron chi connectivity index (χ4n) is 2.49. The lowest BCUT2D eigenvalue weighted by Crippen LogP contribution is -2.35. The standard InChI is InChI=1S/C14H14N6O2/c21-13(17-9-2-6-22-7-9)12-11-10(1-3-16-11)18-14(19-12)20-5-4-15-8-20/h1,3-5,8-9,16H,2,6-7H2,(H,17,21). The van der Waals surface area contributed by atoms with E-state index >= 15 is 0 Å². The van der Waals surface area contributed by atoms with Crippen molar-refractivity contribution in [1.29, 1.82) is 0 Å². The van der Waals surface area contributed by atoms with Gasteiger partial charge in [0.15, 0.2) is 5.69 Å². The Hall–Kier alpha value is -2.74. The maximum atomic E-state index is 12.5. The highest BCUT2D eigenvalue weighted by Gasteiger charge is 2.22. The van der Waals surface area contributed by atoms with Crippen LogP contribution in [0.3, 0.4) is 0 Å². The minimum Gasteiger partial charge on any atom is -0.379 e. The van der Waals surface area contributed by atoms with Crippen LogP contribution >= 0.6 is 0 Å². The molecule has 1 saturated heterocycles. The van der Waals surface area contributed by atoms with Crippen LogP contribution in [0.15, 0.2) is 31.0 Å². The van der Waals surface area contributed by atoms with E-state index in [1.165, 1.54) is 0 Å². The number of fused-ring (bicyclic) bond motifs is 1. The second-order valence-corrected chi connectivity index (χ2v) is 5.11. The van der Waals surface area contributed by atoms with Gasteiger partial charge in [-0.3, -0.25) is 9.36 Å². The quantitative estimate of drug-likeness (QED) is 0.740. The van der Waals surface area contributed by atoms with Gasteiger partial charge in [0.25, 0.3) is 5.91 Å². The fourth-order valence-corrected chi connectivity index (χ4v) is 2.49. The number of carbonyl (C=O) groups excluding carboxylic acids is 1. The molecule has 1 aliphatic rings. The summed E-state index contributed by atoms with van der Waals surface area (Å²) in [6.07, 6.45) is 7.53. The molecule has 0 radical (unpaired) electrons. The summed E-state index contributed by atoms with van der Waals surface area (Å²) in [4.78, 5) is 28.4. The van der Waals surface area contributed by atoms with Crippen LogP contribution in [0.1, 0.15) is 16.9 Å². The van der Waals surface area contributed by atoms with E-state index in [0.29, 0.717) is 35.9 Å². The fraction of sp³-hybridized carbons (Fsp3) is 0.286. The summed E-state index contributed by atoms with van der Waals surface area (Å²) < 4.78 is 6.95. The average molecular weight is 298 g/mol. The van der Waals surface area contributed by atoms with Gasteiger partial charge in [-0.15, -0.1) is 0 Å². The molecule has 8 nitrogen and oxygen atoms in total. The van der Waals surface area contributed by atoms with Gasteiger partial charge in [0, 0.05) is 25.2 Å². The number of hydrogen-bond acceptors (Lipinski definition) is 5. The van der Waals surface area contributed by atoms with Crippen LogP contribution in [0.2, 0.25) is 0 Å². The van der Waals surface area contributed by atoms with Crippen molar-refractivity contribution in [2.75, 3.05) is 13.2 Å². The molecule has 3 aromatic rings. The Morgan fingerprint density at radius 3 is 3.18 bits per heavy atom. The molecule has 1 atom stereocenters. The van der Waals surface area contributed by atoms with Gasteiger partial charge < -0.3 is 15.0 Å². The number of rotatable bonds is 3. The molecule has 3 aromatic heterocycles. The van der Waals surface area contributed by atoms with Crippen LogP contribution < -0.4 is 5.32 Å². The first-order chi connectivity index (χ1) is 10.8. The van der Waals surface area contributed by atoms with Gasteiger partial charge in [-0.25, -0.2) is 15.0 Å². The van der Waals surface area contributed by atoms with Crippen LogP contribution in [0.4, 0.5) is 0 Å². The van der Waals surface area contributed by atoms with E-state index in [1.54, 1.807) is 29.5 Å². The third-order valence-corrected chi connectivity index (χ3v) is 3.61. The van der Waals surface area contributed by atoms with Gasteiger partial charge in [-0.2, -0.15) is 0 Å². The van der Waals surface area contributed by atoms with E-state index in [4.69, 9.17) is 4.74 Å². The second kappa shape index (κ2) is 5.23. The highest BCUT2D eigenvalue weighted by molar-refractivity contribution is 6.03. The van der Waals surface area contributed by atoms with E-state index in [-0.39, 0.29) is 11.9 Å². The van der Waals surface area contributed by atoms with E-state index in [2.05, 4.69) is 25.3 Å². The van der Waals surface area contributed by atoms with Crippen LogP contribution in [0.25, 0.3) is 17.0 Å². The molecule has 1 fully saturated rings. The summed E-state index contributed by atoms with van der Waals surface area (Å²) in [6, 6.07) is 1.84. The van der Waals surface area contributed by atoms with Crippen molar-refractivity contribution in [3.8, 4) is 5.95 Å². The Morgan fingerprint density at radius 2 is 2.41 bits per heavy atom. The zero-order valence-electron chi connectivity index (χ0n) is 11.7. The molecule has 0 bridgehead atoms. The lowest BCUT2D eigenvalue weighted by molar-refractivity contribution is 0.0926. The minimum absolute atomic E-state index is 0.0316. The smallest absolute Gasteiger partial charge is 0.272 e. The Labute approximate surface area is 125 Å². The Bertz CT molecular complexity index is 804. The molecule has 22 heavy (non-hydrogen) atoms. The van der Waals surface area contributed by atoms with Crippen molar-refractivity contribution < 1.29 is 9.53 Å². The van der Waals surface area contributed by atoms with Gasteiger partial charge in [0.2, 0.25) is 5.95 Å². The molecule has 2 N–H and O–H groups in total. The largest absolute Gasteiger partial charge is 0.379 e. The first-order valence-corrected chi connectivity index (χ1v) is 7.03. The zero-order chi connectivity index (χ0) is 14.9. The van der Waals surface area contributed by atoms with Crippen LogP contribution in [-0.4, -0.2) is 49.7 Å². The molecule has 1 aliphatic heterocycles. The maximum absolute atomic E-state index is 12.5. The summed E-state index contributed by atoms with van der Waals surface area (Å²) in [7, 11) is 0. The molecule has 4 rings (SSSR count). The van der Waals surface area contributed by atoms with Gasteiger partial charge in [0.05, 0.1) is 23.7 Å². The van der Waals surface area contributed by atoms with Crippen LogP contribution in [0.5, 0.6) is 0 Å². The molecule has 0 aromatic carbocycles. The average Bonchev–Trinajstić information content (AvgIpc) is 3.27. The van der Waals surface area contributed by atoms with E-state index in [0.717, 1.165) is 6.42 Å². The second-order valence-electron chi connectivity index (χ2n) is 5.11. The number of H-pyrrole nitrogens is 1. The molecule has 8 heteroatoms. The molecular weight excluding hydrogens is 284 g/mol. The van der Waals surface area contributed by atoms with Crippen molar-refractivity contribution in [2.45, 2.75) is 12.5 Å². The summed E-state index contributed by atoms with van der Waals surface area (Å²) in [5.41, 5.74) is 1.64. The summed E-state index contributed by atoms with van der Waals surface area (Å²) in [6.45, 7) is 1.21. The number of nitrogens with zero attached hydrogens (tertiary/aromatic N) is 4. The number of imidazole rings is 1. The van der Waals surface area contributed by atoms with Gasteiger partial charge in [0.1, 0.15) is 6.33 Å². The number of amides is 1. The molecule has 112 valence electrons. The molecule has 0 aliphatic carbocycles. The van der Waals surface area contributed by atoms with Gasteiger partial charge in [-0.1, -0.05) is 0 Å². The Kier molecular flexibility index (Phi) is 3.08. The predicted octanol–water partition coefficient (Wildman–Crippen LogP) is 0.662. The first kappa shape index (κ1) is 13.0. The number of aromatic nitrogens is 5. The van der Waals surface area contributed by atoms with Crippen molar-refractivity contribution in [2.24, 2.45) is 0 Å². The first-order valence-electron chi connectivity index (χ1n) is 7.03. The molecule has 4 heterocycles. The number of ether oxygens (including phenoxy) is 1. The third kappa shape index (κ3) is 2.23. The Morgan fingerprint density at radius 1 is 1.45 bits per heavy atom. The minimum atomic E-state index is -0.230. The van der Waals surface area contributed by atoms with Gasteiger partial charge in [-0.05, 0) is 12.5 Å². The molecular formula is C14H14N6O2. The zero-order valence-corrected chi connectivity index (χ0v) is 11.7. The number of aromatic amines is 1. The number of nitrogens with one attached hydrogen (secondary N) is 2. The van der Waals surface area contributed by atoms with Crippen LogP contribution in [-0.2, 0) is 4.74 Å². The third-order valence-electron chi connectivity index (χ3n) is 3.61. The summed E-state index contributed by atoms with van der Waals surface area (Å²) in [5, 5.41) is 2.95. The van der Waals surface area contributed by atoms with E-state index in [9.17, 15) is 4.79 Å². The molecule has 1 unspecified atom stereocenters. The lowest BCUT2D eigenvalue weighted by atomic mass is 10.2. The number of hydrogen-bond donors (Lipinski definition) is 2. The molecule has 0 saturated carbocycles. The topological polar surface area (TPSA) is 97.7 Å². The number of carbonyl (C=O) groups is 1. The lowest BCUT2D eigenvalue weighted by Gasteiger charge is -2.11.